The number of hydrogen-bond acceptors (Lipinski definition) is 2. The zero-order chi connectivity index (χ0) is 17.9. The molecule has 4 aromatic carbocycles. The maximum absolute atomic E-state index is 12.4. The number of fused-ring (bicyclic) bond motifs is 2. The molecule has 0 bridgehead atoms. The predicted octanol–water partition coefficient (Wildman–Crippen LogP) is 6.30. The van der Waals surface area contributed by atoms with E-state index in [4.69, 9.17) is 4.74 Å². The van der Waals surface area contributed by atoms with E-state index in [9.17, 15) is 4.79 Å². The highest BCUT2D eigenvalue weighted by atomic mass is 16.6. The summed E-state index contributed by atoms with van der Waals surface area (Å²) in [4.78, 5) is 12.4. The Balaban J connectivity index is 1.56. The molecule has 0 saturated heterocycles. The quantitative estimate of drug-likeness (QED) is 0.474. The molecule has 0 heterocycles. The third-order valence-corrected chi connectivity index (χ3v) is 4.57. The largest absolute Gasteiger partial charge is 0.441 e. The van der Waals surface area contributed by atoms with Crippen LogP contribution in [-0.2, 0) is 4.74 Å². The molecule has 0 aliphatic heterocycles. The molecule has 4 aromatic rings. The molecule has 4 rings (SSSR count). The summed E-state index contributed by atoms with van der Waals surface area (Å²) in [7, 11) is 0. The molecule has 1 N–H and O–H groups in total. The monoisotopic (exact) mass is 341 g/mol. The maximum atomic E-state index is 12.4. The first-order valence-corrected chi connectivity index (χ1v) is 8.65. The molecular weight excluding hydrogens is 322 g/mol. The lowest BCUT2D eigenvalue weighted by molar-refractivity contribution is 0.122. The second kappa shape index (κ2) is 6.89. The van der Waals surface area contributed by atoms with Crippen molar-refractivity contribution in [2.45, 2.75) is 13.0 Å². The van der Waals surface area contributed by atoms with E-state index in [2.05, 4.69) is 17.4 Å². The third-order valence-electron chi connectivity index (χ3n) is 4.57. The molecule has 128 valence electrons. The van der Waals surface area contributed by atoms with Crippen molar-refractivity contribution in [3.63, 3.8) is 0 Å². The highest BCUT2D eigenvalue weighted by Crippen LogP contribution is 2.27. The lowest BCUT2D eigenvalue weighted by Gasteiger charge is -2.17. The van der Waals surface area contributed by atoms with Gasteiger partial charge in [-0.05, 0) is 29.1 Å². The Hall–Kier alpha value is -3.33. The highest BCUT2D eigenvalue weighted by Gasteiger charge is 2.15. The molecular formula is C23H19NO2. The van der Waals surface area contributed by atoms with E-state index < -0.39 is 6.09 Å². The number of nitrogens with one attached hydrogen (secondary N) is 1. The molecule has 0 spiro atoms. The van der Waals surface area contributed by atoms with E-state index in [0.717, 1.165) is 32.8 Å². The van der Waals surface area contributed by atoms with E-state index in [1.54, 1.807) is 0 Å². The Kier molecular flexibility index (Phi) is 4.28. The van der Waals surface area contributed by atoms with Gasteiger partial charge in [0.1, 0.15) is 6.10 Å². The molecule has 3 heteroatoms. The van der Waals surface area contributed by atoms with Gasteiger partial charge in [-0.15, -0.1) is 0 Å². The molecule has 0 aliphatic rings. The number of anilines is 1. The Morgan fingerprint density at radius 3 is 2.12 bits per heavy atom. The van der Waals surface area contributed by atoms with Crippen LogP contribution >= 0.6 is 0 Å². The highest BCUT2D eigenvalue weighted by molar-refractivity contribution is 6.00. The summed E-state index contributed by atoms with van der Waals surface area (Å²) in [6.07, 6.45) is -0.808. The van der Waals surface area contributed by atoms with Crippen molar-refractivity contribution in [3.05, 3.63) is 90.5 Å². The van der Waals surface area contributed by atoms with Gasteiger partial charge in [0.15, 0.2) is 0 Å². The molecule has 1 atom stereocenters. The van der Waals surface area contributed by atoms with Crippen LogP contribution in [-0.4, -0.2) is 6.09 Å². The van der Waals surface area contributed by atoms with E-state index in [0.29, 0.717) is 0 Å². The molecule has 1 amide bonds. The fraction of sp³-hybridized carbons (Fsp3) is 0.0870. The number of carbonyl (C=O) groups is 1. The van der Waals surface area contributed by atoms with Crippen LogP contribution in [0.3, 0.4) is 0 Å². The Bertz CT molecular complexity index is 1080. The first kappa shape index (κ1) is 16.2. The maximum Gasteiger partial charge on any atom is 0.412 e. The average Bonchev–Trinajstić information content (AvgIpc) is 2.67. The van der Waals surface area contributed by atoms with Crippen molar-refractivity contribution in [1.82, 2.24) is 0 Å². The standard InChI is InChI=1S/C23H19NO2/c1-16(19-14-6-10-17-8-2-4-12-20(17)19)26-23(25)24-22-15-7-11-18-9-3-5-13-21(18)22/h2-16H,1H3,(H,24,25). The van der Waals surface area contributed by atoms with Gasteiger partial charge < -0.3 is 4.74 Å². The zero-order valence-corrected chi connectivity index (χ0v) is 14.5. The van der Waals surface area contributed by atoms with Crippen LogP contribution in [0.5, 0.6) is 0 Å². The molecule has 3 nitrogen and oxygen atoms in total. The van der Waals surface area contributed by atoms with E-state index in [1.807, 2.05) is 79.7 Å². The van der Waals surface area contributed by atoms with Gasteiger partial charge in [0.25, 0.3) is 0 Å². The van der Waals surface area contributed by atoms with E-state index in [1.165, 1.54) is 0 Å². The SMILES string of the molecule is CC(OC(=O)Nc1cccc2ccccc12)c1cccc2ccccc12. The lowest BCUT2D eigenvalue weighted by atomic mass is 10.0. The van der Waals surface area contributed by atoms with E-state index in [-0.39, 0.29) is 6.10 Å². The Morgan fingerprint density at radius 2 is 1.35 bits per heavy atom. The minimum absolute atomic E-state index is 0.351. The molecule has 0 saturated carbocycles. The molecule has 1 unspecified atom stereocenters. The van der Waals surface area contributed by atoms with Crippen LogP contribution in [0.25, 0.3) is 21.5 Å². The van der Waals surface area contributed by atoms with Crippen LogP contribution in [0.1, 0.15) is 18.6 Å². The summed E-state index contributed by atoms with van der Waals surface area (Å²) in [6, 6.07) is 27.9. The molecule has 0 fully saturated rings. The Morgan fingerprint density at radius 1 is 0.769 bits per heavy atom. The third kappa shape index (κ3) is 3.11. The van der Waals surface area contributed by atoms with Crippen LogP contribution in [0, 0.1) is 0 Å². The van der Waals surface area contributed by atoms with Crippen LogP contribution in [0.4, 0.5) is 10.5 Å². The number of amides is 1. The van der Waals surface area contributed by atoms with Crippen LogP contribution in [0.2, 0.25) is 0 Å². The number of benzene rings is 4. The van der Waals surface area contributed by atoms with Crippen molar-refractivity contribution in [2.75, 3.05) is 5.32 Å². The van der Waals surface area contributed by atoms with Crippen LogP contribution < -0.4 is 5.32 Å². The van der Waals surface area contributed by atoms with Gasteiger partial charge in [-0.25, -0.2) is 4.79 Å². The van der Waals surface area contributed by atoms with Gasteiger partial charge in [0.05, 0.1) is 5.69 Å². The van der Waals surface area contributed by atoms with Crippen molar-refractivity contribution in [1.29, 1.82) is 0 Å². The second-order valence-corrected chi connectivity index (χ2v) is 6.27. The summed E-state index contributed by atoms with van der Waals surface area (Å²) in [6.45, 7) is 1.89. The fourth-order valence-corrected chi connectivity index (χ4v) is 3.30. The summed E-state index contributed by atoms with van der Waals surface area (Å²) < 4.78 is 5.65. The minimum Gasteiger partial charge on any atom is -0.441 e. The van der Waals surface area contributed by atoms with Crippen molar-refractivity contribution < 1.29 is 9.53 Å². The van der Waals surface area contributed by atoms with Gasteiger partial charge in [-0.1, -0.05) is 78.9 Å². The van der Waals surface area contributed by atoms with Gasteiger partial charge in [-0.3, -0.25) is 5.32 Å². The lowest BCUT2D eigenvalue weighted by Crippen LogP contribution is -2.16. The molecule has 0 aliphatic carbocycles. The van der Waals surface area contributed by atoms with Crippen molar-refractivity contribution >= 4 is 33.3 Å². The van der Waals surface area contributed by atoms with Gasteiger partial charge >= 0.3 is 6.09 Å². The van der Waals surface area contributed by atoms with Crippen molar-refractivity contribution in [2.24, 2.45) is 0 Å². The summed E-state index contributed by atoms with van der Waals surface area (Å²) in [5.41, 5.74) is 1.74. The molecule has 0 radical (unpaired) electrons. The number of rotatable bonds is 3. The van der Waals surface area contributed by atoms with E-state index >= 15 is 0 Å². The number of carbonyl (C=O) groups excluding carboxylic acids is 1. The normalized spacial score (nSPS) is 12.0. The van der Waals surface area contributed by atoms with Gasteiger partial charge in [0, 0.05) is 10.9 Å². The average molecular weight is 341 g/mol. The Labute approximate surface area is 152 Å². The number of hydrogen-bond donors (Lipinski definition) is 1. The van der Waals surface area contributed by atoms with Crippen LogP contribution in [0.15, 0.2) is 84.9 Å². The number of ether oxygens (including phenoxy) is 1. The van der Waals surface area contributed by atoms with Gasteiger partial charge in [-0.2, -0.15) is 0 Å². The van der Waals surface area contributed by atoms with Crippen molar-refractivity contribution in [3.8, 4) is 0 Å². The summed E-state index contributed by atoms with van der Waals surface area (Å²) in [5, 5.41) is 7.17. The smallest absolute Gasteiger partial charge is 0.412 e. The first-order chi connectivity index (χ1) is 12.7. The minimum atomic E-state index is -0.457. The van der Waals surface area contributed by atoms with Gasteiger partial charge in [0.2, 0.25) is 0 Å². The summed E-state index contributed by atoms with van der Waals surface area (Å²) in [5.74, 6) is 0. The predicted molar refractivity (Wildman–Crippen MR) is 106 cm³/mol. The fourth-order valence-electron chi connectivity index (χ4n) is 3.30. The second-order valence-electron chi connectivity index (χ2n) is 6.27. The first-order valence-electron chi connectivity index (χ1n) is 8.65. The zero-order valence-electron chi connectivity index (χ0n) is 14.5. The molecule has 26 heavy (non-hydrogen) atoms. The topological polar surface area (TPSA) is 38.3 Å². The summed E-state index contributed by atoms with van der Waals surface area (Å²) >= 11 is 0. The molecule has 0 aromatic heterocycles.